The highest BCUT2D eigenvalue weighted by molar-refractivity contribution is 5.86. The third-order valence-electron chi connectivity index (χ3n) is 6.55. The fourth-order valence-electron chi connectivity index (χ4n) is 4.76. The Morgan fingerprint density at radius 2 is 0.569 bits per heavy atom. The number of carbonyl (C=O) groups is 12. The zero-order valence-corrected chi connectivity index (χ0v) is 33.4. The summed E-state index contributed by atoms with van der Waals surface area (Å²) in [7, 11) is 0. The Labute approximate surface area is 331 Å². The predicted octanol–water partition coefficient (Wildman–Crippen LogP) is -2.20. The molecule has 0 aliphatic carbocycles. The molecular weight excluding hydrogens is 788 g/mol. The van der Waals surface area contributed by atoms with E-state index in [4.69, 9.17) is 47.4 Å². The highest BCUT2D eigenvalue weighted by Crippen LogP contribution is 2.22. The third kappa shape index (κ3) is 21.1. The number of esters is 10. The monoisotopic (exact) mass is 836 g/mol. The summed E-state index contributed by atoms with van der Waals surface area (Å²) in [6.07, 6.45) is -15.8. The molecule has 0 saturated carbocycles. The van der Waals surface area contributed by atoms with E-state index in [2.05, 4.69) is 10.6 Å². The Balaban J connectivity index is 6.73. The van der Waals surface area contributed by atoms with Crippen LogP contribution >= 0.6 is 0 Å². The van der Waals surface area contributed by atoms with Crippen LogP contribution in [0.4, 0.5) is 0 Å². The van der Waals surface area contributed by atoms with Crippen LogP contribution in [0.5, 0.6) is 0 Å². The molecule has 0 aliphatic rings. The van der Waals surface area contributed by atoms with Gasteiger partial charge in [-0.25, -0.2) is 0 Å². The average molecular weight is 837 g/mol. The molecule has 0 aromatic rings. The smallest absolute Gasteiger partial charge is 0.303 e. The molecule has 0 aromatic carbocycles. The molecule has 24 heteroatoms. The van der Waals surface area contributed by atoms with Gasteiger partial charge in [0.05, 0.1) is 0 Å². The number of rotatable bonds is 23. The minimum Gasteiger partial charge on any atom is -0.462 e. The maximum absolute atomic E-state index is 13.5. The Bertz CT molecular complexity index is 1430. The molecule has 8 unspecified atom stereocenters. The first kappa shape index (κ1) is 51.6. The minimum atomic E-state index is -2.17. The molecule has 0 aromatic heterocycles. The van der Waals surface area contributed by atoms with Gasteiger partial charge >= 0.3 is 59.7 Å². The Hall–Kier alpha value is -6.36. The van der Waals surface area contributed by atoms with Crippen LogP contribution in [-0.4, -0.2) is 147 Å². The van der Waals surface area contributed by atoms with E-state index in [0.717, 1.165) is 69.2 Å². The second-order valence-corrected chi connectivity index (χ2v) is 11.8. The number of hydrogen-bond acceptors (Lipinski definition) is 22. The molecule has 0 rings (SSSR count). The number of carbonyl (C=O) groups excluding carboxylic acids is 12. The summed E-state index contributed by atoms with van der Waals surface area (Å²) in [6, 6.07) is 0. The lowest BCUT2D eigenvalue weighted by atomic mass is 10.0. The molecule has 0 heterocycles. The normalized spacial score (nSPS) is 14.6. The van der Waals surface area contributed by atoms with Gasteiger partial charge < -0.3 is 58.0 Å². The van der Waals surface area contributed by atoms with Crippen molar-refractivity contribution in [3.8, 4) is 0 Å². The van der Waals surface area contributed by atoms with Crippen molar-refractivity contribution in [1.82, 2.24) is 10.6 Å². The fraction of sp³-hybridized carbons (Fsp3) is 0.647. The van der Waals surface area contributed by atoms with Crippen LogP contribution in [0.15, 0.2) is 0 Å². The number of nitrogens with one attached hydrogen (secondary N) is 2. The molecule has 2 N–H and O–H groups in total. The van der Waals surface area contributed by atoms with Crippen LogP contribution in [0.3, 0.4) is 0 Å². The summed E-state index contributed by atoms with van der Waals surface area (Å²) >= 11 is 0. The SMILES string of the molecule is CC(=O)OCC(OC(C)=O)C(OC(C)=O)C(OC(C)=O)C(OC(C)=O)C(=O)NCCNC(=O)C(OC(C)=O)C(OC(C)=O)C(OC(C)=O)C(COC(C)=O)OC(C)=O. The van der Waals surface area contributed by atoms with Crippen LogP contribution in [0.1, 0.15) is 69.2 Å². The van der Waals surface area contributed by atoms with Gasteiger partial charge in [0.15, 0.2) is 36.6 Å². The summed E-state index contributed by atoms with van der Waals surface area (Å²) < 4.78 is 51.2. The van der Waals surface area contributed by atoms with Crippen LogP contribution in [-0.2, 0) is 105 Å². The number of hydrogen-bond donors (Lipinski definition) is 2. The van der Waals surface area contributed by atoms with E-state index in [1.807, 2.05) is 0 Å². The zero-order chi connectivity index (χ0) is 44.9. The second-order valence-electron chi connectivity index (χ2n) is 11.8. The highest BCUT2D eigenvalue weighted by atomic mass is 16.7. The lowest BCUT2D eigenvalue weighted by Crippen LogP contribution is -2.58. The first-order valence-electron chi connectivity index (χ1n) is 17.1. The maximum atomic E-state index is 13.5. The van der Waals surface area contributed by atoms with E-state index in [0.29, 0.717) is 0 Å². The van der Waals surface area contributed by atoms with Crippen molar-refractivity contribution in [2.45, 2.75) is 118 Å². The molecule has 24 nitrogen and oxygen atoms in total. The van der Waals surface area contributed by atoms with E-state index in [1.54, 1.807) is 0 Å². The van der Waals surface area contributed by atoms with E-state index >= 15 is 0 Å². The summed E-state index contributed by atoms with van der Waals surface area (Å²) in [5.41, 5.74) is 0. The van der Waals surface area contributed by atoms with Crippen LogP contribution in [0, 0.1) is 0 Å². The molecule has 326 valence electrons. The van der Waals surface area contributed by atoms with E-state index < -0.39 is 147 Å². The van der Waals surface area contributed by atoms with Gasteiger partial charge in [-0.2, -0.15) is 0 Å². The summed E-state index contributed by atoms with van der Waals surface area (Å²) in [6.45, 7) is 6.47. The topological polar surface area (TPSA) is 321 Å². The summed E-state index contributed by atoms with van der Waals surface area (Å²) in [4.78, 5) is 147. The van der Waals surface area contributed by atoms with Crippen LogP contribution in [0.2, 0.25) is 0 Å². The van der Waals surface area contributed by atoms with Crippen molar-refractivity contribution in [3.63, 3.8) is 0 Å². The Morgan fingerprint density at radius 1 is 0.328 bits per heavy atom. The molecule has 0 bridgehead atoms. The van der Waals surface area contributed by atoms with Crippen LogP contribution < -0.4 is 10.6 Å². The predicted molar refractivity (Wildman–Crippen MR) is 184 cm³/mol. The van der Waals surface area contributed by atoms with E-state index in [1.165, 1.54) is 0 Å². The van der Waals surface area contributed by atoms with Crippen molar-refractivity contribution >= 4 is 71.5 Å². The molecule has 0 fully saturated rings. The number of amides is 2. The molecule has 8 atom stereocenters. The first-order chi connectivity index (χ1) is 26.8. The fourth-order valence-corrected chi connectivity index (χ4v) is 4.76. The lowest BCUT2D eigenvalue weighted by Gasteiger charge is -2.35. The molecule has 0 radical (unpaired) electrons. The van der Waals surface area contributed by atoms with Gasteiger partial charge in [0, 0.05) is 82.3 Å². The molecule has 58 heavy (non-hydrogen) atoms. The van der Waals surface area contributed by atoms with Crippen LogP contribution in [0.25, 0.3) is 0 Å². The Morgan fingerprint density at radius 3 is 0.793 bits per heavy atom. The van der Waals surface area contributed by atoms with Gasteiger partial charge in [0.1, 0.15) is 13.2 Å². The largest absolute Gasteiger partial charge is 0.462 e. The first-order valence-corrected chi connectivity index (χ1v) is 17.1. The summed E-state index contributed by atoms with van der Waals surface area (Å²) in [5.74, 6) is -12.8. The van der Waals surface area contributed by atoms with Gasteiger partial charge in [-0.05, 0) is 0 Å². The highest BCUT2D eigenvalue weighted by Gasteiger charge is 2.48. The second kappa shape index (κ2) is 25.7. The van der Waals surface area contributed by atoms with E-state index in [-0.39, 0.29) is 0 Å². The molecule has 0 saturated heterocycles. The van der Waals surface area contributed by atoms with Crippen molar-refractivity contribution in [1.29, 1.82) is 0 Å². The van der Waals surface area contributed by atoms with Gasteiger partial charge in [0.2, 0.25) is 12.2 Å². The molecule has 0 aliphatic heterocycles. The van der Waals surface area contributed by atoms with E-state index in [9.17, 15) is 57.5 Å². The maximum Gasteiger partial charge on any atom is 0.303 e. The van der Waals surface area contributed by atoms with Gasteiger partial charge in [-0.3, -0.25) is 57.5 Å². The Kier molecular flexibility index (Phi) is 22.9. The third-order valence-corrected chi connectivity index (χ3v) is 6.55. The molecule has 2 amide bonds. The lowest BCUT2D eigenvalue weighted by molar-refractivity contribution is -0.203. The zero-order valence-electron chi connectivity index (χ0n) is 33.4. The molecule has 0 spiro atoms. The standard InChI is InChI=1S/C34H48N2O22/c1-15(37)49-13-25(51-17(3)39)27(53-19(5)41)29(55-21(7)43)31(57-23(9)45)33(47)35-11-12-36-34(48)32(58-24(10)46)30(56-22(8)44)28(54-20(6)42)26(52-18(4)40)14-50-16(2)38/h25-32H,11-14H2,1-10H3,(H,35,47)(H,36,48). The van der Waals surface area contributed by atoms with Crippen molar-refractivity contribution in [2.24, 2.45) is 0 Å². The minimum absolute atomic E-state index is 0.560. The van der Waals surface area contributed by atoms with Crippen molar-refractivity contribution < 1.29 is 105 Å². The van der Waals surface area contributed by atoms with Gasteiger partial charge in [0.25, 0.3) is 11.8 Å². The van der Waals surface area contributed by atoms with Gasteiger partial charge in [-0.1, -0.05) is 0 Å². The van der Waals surface area contributed by atoms with Gasteiger partial charge in [-0.15, -0.1) is 0 Å². The molecular formula is C34H48N2O22. The van der Waals surface area contributed by atoms with Crippen molar-refractivity contribution in [2.75, 3.05) is 26.3 Å². The number of ether oxygens (including phenoxy) is 10. The average Bonchev–Trinajstić information content (AvgIpc) is 3.06. The van der Waals surface area contributed by atoms with Crippen molar-refractivity contribution in [3.05, 3.63) is 0 Å². The summed E-state index contributed by atoms with van der Waals surface area (Å²) in [5, 5.41) is 4.54. The quantitative estimate of drug-likeness (QED) is 0.0626.